The normalized spacial score (nSPS) is 31.2. The zero-order valence-corrected chi connectivity index (χ0v) is 11.4. The average molecular weight is 254 g/mol. The lowest BCUT2D eigenvalue weighted by Gasteiger charge is -2.33. The van der Waals surface area contributed by atoms with Crippen molar-refractivity contribution >= 4 is 5.97 Å². The fourth-order valence-electron chi connectivity index (χ4n) is 3.15. The largest absolute Gasteiger partial charge is 0.462 e. The summed E-state index contributed by atoms with van der Waals surface area (Å²) in [6.07, 6.45) is 6.49. The average Bonchev–Trinajstić information content (AvgIpc) is 2.41. The van der Waals surface area contributed by atoms with Gasteiger partial charge in [0.1, 0.15) is 6.10 Å². The summed E-state index contributed by atoms with van der Waals surface area (Å²) >= 11 is 0. The number of carbonyl (C=O) groups is 1. The lowest BCUT2D eigenvalue weighted by molar-refractivity contribution is -0.159. The number of hydrogen-bond donors (Lipinski definition) is 1. The maximum absolute atomic E-state index is 12.2. The summed E-state index contributed by atoms with van der Waals surface area (Å²) in [5, 5.41) is 0. The molecule has 4 heteroatoms. The standard InChI is InChI=1S/C14H26N2O2/c1-16-8-6-12(7-9-16)18-14(17)13-5-3-2-4-11(13)10-15/h11-13H,2-10,15H2,1H3. The molecular weight excluding hydrogens is 228 g/mol. The second-order valence-electron chi connectivity index (χ2n) is 5.83. The minimum Gasteiger partial charge on any atom is -0.462 e. The van der Waals surface area contributed by atoms with Crippen LogP contribution in [0.15, 0.2) is 0 Å². The van der Waals surface area contributed by atoms with Crippen LogP contribution in [0.5, 0.6) is 0 Å². The predicted octanol–water partition coefficient (Wildman–Crippen LogP) is 1.39. The van der Waals surface area contributed by atoms with Gasteiger partial charge in [0.15, 0.2) is 0 Å². The van der Waals surface area contributed by atoms with E-state index in [2.05, 4.69) is 11.9 Å². The Bertz CT molecular complexity index is 275. The summed E-state index contributed by atoms with van der Waals surface area (Å²) in [4.78, 5) is 14.5. The molecule has 18 heavy (non-hydrogen) atoms. The molecule has 4 nitrogen and oxygen atoms in total. The molecule has 2 aliphatic rings. The van der Waals surface area contributed by atoms with Crippen molar-refractivity contribution in [3.8, 4) is 0 Å². The molecule has 0 bridgehead atoms. The van der Waals surface area contributed by atoms with E-state index < -0.39 is 0 Å². The van der Waals surface area contributed by atoms with Crippen LogP contribution in [0.1, 0.15) is 38.5 Å². The van der Waals surface area contributed by atoms with Gasteiger partial charge in [-0.15, -0.1) is 0 Å². The zero-order chi connectivity index (χ0) is 13.0. The van der Waals surface area contributed by atoms with Crippen molar-refractivity contribution in [2.45, 2.75) is 44.6 Å². The molecule has 0 aromatic heterocycles. The van der Waals surface area contributed by atoms with Crippen LogP contribution in [0.25, 0.3) is 0 Å². The highest BCUT2D eigenvalue weighted by molar-refractivity contribution is 5.73. The van der Waals surface area contributed by atoms with Gasteiger partial charge in [-0.3, -0.25) is 4.79 Å². The molecule has 1 aliphatic carbocycles. The van der Waals surface area contributed by atoms with Gasteiger partial charge < -0.3 is 15.4 Å². The first kappa shape index (κ1) is 13.8. The maximum atomic E-state index is 12.2. The van der Waals surface area contributed by atoms with E-state index in [1.807, 2.05) is 0 Å². The number of hydrogen-bond acceptors (Lipinski definition) is 4. The summed E-state index contributed by atoms with van der Waals surface area (Å²) in [5.74, 6) is 0.417. The summed E-state index contributed by atoms with van der Waals surface area (Å²) in [5.41, 5.74) is 5.77. The molecule has 2 N–H and O–H groups in total. The number of carbonyl (C=O) groups excluding carboxylic acids is 1. The van der Waals surface area contributed by atoms with Crippen molar-refractivity contribution in [3.63, 3.8) is 0 Å². The molecule has 0 amide bonds. The van der Waals surface area contributed by atoms with Crippen LogP contribution in [-0.4, -0.2) is 43.7 Å². The van der Waals surface area contributed by atoms with E-state index in [1.54, 1.807) is 0 Å². The first-order chi connectivity index (χ1) is 8.70. The van der Waals surface area contributed by atoms with Crippen LogP contribution in [0.3, 0.4) is 0 Å². The van der Waals surface area contributed by atoms with E-state index in [0.717, 1.165) is 45.2 Å². The highest BCUT2D eigenvalue weighted by Crippen LogP contribution is 2.31. The van der Waals surface area contributed by atoms with Crippen LogP contribution in [0, 0.1) is 11.8 Å². The Morgan fingerprint density at radius 3 is 2.56 bits per heavy atom. The van der Waals surface area contributed by atoms with Gasteiger partial charge in [-0.2, -0.15) is 0 Å². The summed E-state index contributed by atoms with van der Waals surface area (Å²) in [6, 6.07) is 0. The van der Waals surface area contributed by atoms with Gasteiger partial charge in [0.25, 0.3) is 0 Å². The third-order valence-electron chi connectivity index (χ3n) is 4.46. The maximum Gasteiger partial charge on any atom is 0.309 e. The SMILES string of the molecule is CN1CCC(OC(=O)C2CCCCC2CN)CC1. The highest BCUT2D eigenvalue weighted by Gasteiger charge is 2.33. The first-order valence-electron chi connectivity index (χ1n) is 7.30. The van der Waals surface area contributed by atoms with Crippen LogP contribution < -0.4 is 5.73 Å². The lowest BCUT2D eigenvalue weighted by atomic mass is 9.79. The van der Waals surface area contributed by atoms with E-state index in [9.17, 15) is 4.79 Å². The van der Waals surface area contributed by atoms with Crippen LogP contribution >= 0.6 is 0 Å². The highest BCUT2D eigenvalue weighted by atomic mass is 16.5. The fourth-order valence-corrected chi connectivity index (χ4v) is 3.15. The molecule has 0 aromatic carbocycles. The number of ether oxygens (including phenoxy) is 1. The first-order valence-corrected chi connectivity index (χ1v) is 7.30. The molecular formula is C14H26N2O2. The Balaban J connectivity index is 1.82. The molecule has 2 rings (SSSR count). The van der Waals surface area contributed by atoms with Crippen molar-refractivity contribution in [2.75, 3.05) is 26.7 Å². The molecule has 0 spiro atoms. The van der Waals surface area contributed by atoms with E-state index in [-0.39, 0.29) is 18.0 Å². The van der Waals surface area contributed by atoms with E-state index in [1.165, 1.54) is 6.42 Å². The number of nitrogens with two attached hydrogens (primary N) is 1. The van der Waals surface area contributed by atoms with E-state index >= 15 is 0 Å². The molecule has 1 saturated heterocycles. The van der Waals surface area contributed by atoms with Gasteiger partial charge in [0.05, 0.1) is 5.92 Å². The number of likely N-dealkylation sites (tertiary alicyclic amines) is 1. The summed E-state index contributed by atoms with van der Waals surface area (Å²) in [6.45, 7) is 2.68. The molecule has 0 aromatic rings. The molecule has 2 unspecified atom stereocenters. The monoisotopic (exact) mass is 254 g/mol. The topological polar surface area (TPSA) is 55.6 Å². The Morgan fingerprint density at radius 2 is 1.89 bits per heavy atom. The smallest absolute Gasteiger partial charge is 0.309 e. The second kappa shape index (κ2) is 6.53. The molecule has 2 fully saturated rings. The van der Waals surface area contributed by atoms with Crippen molar-refractivity contribution in [3.05, 3.63) is 0 Å². The number of rotatable bonds is 3. The minimum atomic E-state index is 0.0136. The molecule has 104 valence electrons. The van der Waals surface area contributed by atoms with Crippen molar-refractivity contribution in [1.29, 1.82) is 0 Å². The van der Waals surface area contributed by atoms with E-state index in [4.69, 9.17) is 10.5 Å². The third-order valence-corrected chi connectivity index (χ3v) is 4.46. The fraction of sp³-hybridized carbons (Fsp3) is 0.929. The third kappa shape index (κ3) is 3.45. The molecule has 1 heterocycles. The molecule has 0 radical (unpaired) electrons. The van der Waals surface area contributed by atoms with Gasteiger partial charge in [0.2, 0.25) is 0 Å². The summed E-state index contributed by atoms with van der Waals surface area (Å²) in [7, 11) is 2.11. The van der Waals surface area contributed by atoms with Gasteiger partial charge in [0, 0.05) is 13.1 Å². The van der Waals surface area contributed by atoms with Crippen LogP contribution in [0.2, 0.25) is 0 Å². The van der Waals surface area contributed by atoms with Crippen LogP contribution in [0.4, 0.5) is 0 Å². The Labute approximate surface area is 110 Å². The second-order valence-corrected chi connectivity index (χ2v) is 5.83. The van der Waals surface area contributed by atoms with Crippen molar-refractivity contribution < 1.29 is 9.53 Å². The van der Waals surface area contributed by atoms with Gasteiger partial charge in [-0.1, -0.05) is 12.8 Å². The zero-order valence-electron chi connectivity index (χ0n) is 11.4. The number of piperidine rings is 1. The molecule has 2 atom stereocenters. The lowest BCUT2D eigenvalue weighted by Crippen LogP contribution is -2.39. The molecule has 1 saturated carbocycles. The van der Waals surface area contributed by atoms with Crippen LogP contribution in [-0.2, 0) is 9.53 Å². The number of nitrogens with zero attached hydrogens (tertiary/aromatic N) is 1. The Hall–Kier alpha value is -0.610. The van der Waals surface area contributed by atoms with Crippen molar-refractivity contribution in [1.82, 2.24) is 4.90 Å². The Morgan fingerprint density at radius 1 is 1.22 bits per heavy atom. The number of esters is 1. The van der Waals surface area contributed by atoms with Gasteiger partial charge in [-0.05, 0) is 45.2 Å². The van der Waals surface area contributed by atoms with Gasteiger partial charge in [-0.25, -0.2) is 0 Å². The summed E-state index contributed by atoms with van der Waals surface area (Å²) < 4.78 is 5.69. The van der Waals surface area contributed by atoms with Gasteiger partial charge >= 0.3 is 5.97 Å². The minimum absolute atomic E-state index is 0.0136. The predicted molar refractivity (Wildman–Crippen MR) is 71.1 cm³/mol. The van der Waals surface area contributed by atoms with Crippen molar-refractivity contribution in [2.24, 2.45) is 17.6 Å². The van der Waals surface area contributed by atoms with E-state index in [0.29, 0.717) is 12.5 Å². The Kier molecular flexibility index (Phi) is 5.01. The quantitative estimate of drug-likeness (QED) is 0.773. The molecule has 1 aliphatic heterocycles.